The molecule has 1 aromatic carbocycles. The van der Waals surface area contributed by atoms with Gasteiger partial charge < -0.3 is 14.8 Å². The molecule has 5 nitrogen and oxygen atoms in total. The highest BCUT2D eigenvalue weighted by molar-refractivity contribution is 5.68. The van der Waals surface area contributed by atoms with Crippen molar-refractivity contribution >= 4 is 12.2 Å². The molecular weight excluding hydrogens is 376 g/mol. The van der Waals surface area contributed by atoms with Crippen LogP contribution in [-0.2, 0) is 22.3 Å². The fraction of sp³-hybridized carbons (Fsp3) is 0.640. The first-order chi connectivity index (χ1) is 14.4. The molecule has 5 heteroatoms. The average molecular weight is 413 g/mol. The first kappa shape index (κ1) is 21.4. The maximum Gasteiger partial charge on any atom is 0.407 e. The summed E-state index contributed by atoms with van der Waals surface area (Å²) in [4.78, 5) is 14.8. The third kappa shape index (κ3) is 5.44. The predicted octanol–water partition coefficient (Wildman–Crippen LogP) is 4.05. The van der Waals surface area contributed by atoms with Crippen LogP contribution in [0.1, 0.15) is 50.3 Å². The Kier molecular flexibility index (Phi) is 6.49. The van der Waals surface area contributed by atoms with Crippen molar-refractivity contribution in [3.05, 3.63) is 41.0 Å². The Morgan fingerprint density at radius 1 is 1.17 bits per heavy atom. The van der Waals surface area contributed by atoms with Crippen LogP contribution in [0.4, 0.5) is 4.79 Å². The first-order valence-electron chi connectivity index (χ1n) is 11.5. The van der Waals surface area contributed by atoms with Crippen LogP contribution >= 0.6 is 0 Å². The summed E-state index contributed by atoms with van der Waals surface area (Å²) in [6, 6.07) is 7.11. The molecule has 30 heavy (non-hydrogen) atoms. The minimum atomic E-state index is -0.459. The van der Waals surface area contributed by atoms with Gasteiger partial charge in [-0.1, -0.05) is 30.4 Å². The lowest BCUT2D eigenvalue weighted by molar-refractivity contribution is 0.0435. The zero-order valence-electron chi connectivity index (χ0n) is 18.7. The molecule has 2 aliphatic carbocycles. The van der Waals surface area contributed by atoms with Crippen molar-refractivity contribution < 1.29 is 14.3 Å². The van der Waals surface area contributed by atoms with Crippen LogP contribution in [0.3, 0.4) is 0 Å². The first-order valence-corrected chi connectivity index (χ1v) is 11.5. The highest BCUT2D eigenvalue weighted by atomic mass is 16.6. The molecule has 0 spiro atoms. The summed E-state index contributed by atoms with van der Waals surface area (Å²) in [6.07, 6.45) is 8.69. The molecule has 164 valence electrons. The van der Waals surface area contributed by atoms with Gasteiger partial charge in [0.05, 0.1) is 13.2 Å². The lowest BCUT2D eigenvalue weighted by Crippen LogP contribution is -2.44. The van der Waals surface area contributed by atoms with Crippen molar-refractivity contribution in [2.24, 2.45) is 11.8 Å². The van der Waals surface area contributed by atoms with Crippen LogP contribution in [0.15, 0.2) is 24.3 Å². The van der Waals surface area contributed by atoms with E-state index in [2.05, 4.69) is 40.6 Å². The molecule has 2 fully saturated rings. The average Bonchev–Trinajstić information content (AvgIpc) is 2.95. The normalized spacial score (nSPS) is 27.0. The second-order valence-corrected chi connectivity index (χ2v) is 10.0. The number of benzene rings is 1. The molecule has 2 bridgehead atoms. The molecule has 0 radical (unpaired) electrons. The van der Waals surface area contributed by atoms with E-state index >= 15 is 0 Å². The van der Waals surface area contributed by atoms with E-state index in [9.17, 15) is 4.79 Å². The van der Waals surface area contributed by atoms with Crippen molar-refractivity contribution in [3.63, 3.8) is 0 Å². The Morgan fingerprint density at radius 3 is 2.57 bits per heavy atom. The van der Waals surface area contributed by atoms with Crippen molar-refractivity contribution in [1.29, 1.82) is 0 Å². The number of hydrogen-bond acceptors (Lipinski definition) is 4. The maximum atomic E-state index is 12.4. The van der Waals surface area contributed by atoms with Gasteiger partial charge in [0.25, 0.3) is 0 Å². The van der Waals surface area contributed by atoms with Crippen LogP contribution in [-0.4, -0.2) is 55.5 Å². The van der Waals surface area contributed by atoms with Gasteiger partial charge in [-0.25, -0.2) is 4.79 Å². The molecule has 0 unspecified atom stereocenters. The van der Waals surface area contributed by atoms with Gasteiger partial charge >= 0.3 is 6.09 Å². The fourth-order valence-electron chi connectivity index (χ4n) is 5.13. The van der Waals surface area contributed by atoms with Gasteiger partial charge in [-0.3, -0.25) is 4.90 Å². The Bertz CT molecular complexity index is 777. The third-order valence-corrected chi connectivity index (χ3v) is 6.58. The number of nitrogens with one attached hydrogen (secondary N) is 1. The van der Waals surface area contributed by atoms with Gasteiger partial charge in [0, 0.05) is 25.7 Å². The highest BCUT2D eigenvalue weighted by Crippen LogP contribution is 2.40. The number of carbonyl (C=O) groups is 1. The summed E-state index contributed by atoms with van der Waals surface area (Å²) >= 11 is 0. The van der Waals surface area contributed by atoms with Gasteiger partial charge in [0.15, 0.2) is 0 Å². The summed E-state index contributed by atoms with van der Waals surface area (Å²) in [5.41, 5.74) is 3.71. The number of amides is 1. The summed E-state index contributed by atoms with van der Waals surface area (Å²) in [7, 11) is 0. The lowest BCUT2D eigenvalue weighted by Gasteiger charge is -2.26. The molecule has 1 aliphatic heterocycles. The number of ether oxygens (including phenoxy) is 2. The van der Waals surface area contributed by atoms with E-state index in [1.807, 2.05) is 20.8 Å². The quantitative estimate of drug-likeness (QED) is 0.811. The maximum absolute atomic E-state index is 12.4. The van der Waals surface area contributed by atoms with E-state index in [1.165, 1.54) is 29.5 Å². The van der Waals surface area contributed by atoms with Gasteiger partial charge in [-0.2, -0.15) is 0 Å². The largest absolute Gasteiger partial charge is 0.444 e. The second-order valence-electron chi connectivity index (χ2n) is 10.0. The fourth-order valence-corrected chi connectivity index (χ4v) is 5.13. The molecule has 1 heterocycles. The van der Waals surface area contributed by atoms with E-state index in [0.29, 0.717) is 11.8 Å². The SMILES string of the molecule is CC(C)(C)OC(=O)N[C@H]1[C@@H]2CC[C@H]1Cc1ccc(/C=C/CN3CCOCC3)cc1C2. The van der Waals surface area contributed by atoms with Gasteiger partial charge in [-0.05, 0) is 75.0 Å². The summed E-state index contributed by atoms with van der Waals surface area (Å²) in [6.45, 7) is 10.4. The summed E-state index contributed by atoms with van der Waals surface area (Å²) in [5, 5.41) is 3.21. The smallest absolute Gasteiger partial charge is 0.407 e. The number of nitrogens with zero attached hydrogens (tertiary/aromatic N) is 1. The highest BCUT2D eigenvalue weighted by Gasteiger charge is 2.40. The molecule has 1 saturated heterocycles. The van der Waals surface area contributed by atoms with Gasteiger partial charge in [-0.15, -0.1) is 0 Å². The van der Waals surface area contributed by atoms with Crippen molar-refractivity contribution in [2.75, 3.05) is 32.8 Å². The Hall–Kier alpha value is -1.85. The number of carbonyl (C=O) groups excluding carboxylic acids is 1. The van der Waals surface area contributed by atoms with Crippen LogP contribution in [0.2, 0.25) is 0 Å². The minimum absolute atomic E-state index is 0.215. The zero-order chi connectivity index (χ0) is 21.1. The number of fused-ring (bicyclic) bond motifs is 3. The zero-order valence-corrected chi connectivity index (χ0v) is 18.7. The predicted molar refractivity (Wildman–Crippen MR) is 120 cm³/mol. The lowest BCUT2D eigenvalue weighted by atomic mass is 9.92. The number of alkyl carbamates (subject to hydrolysis) is 1. The van der Waals surface area contributed by atoms with E-state index in [0.717, 1.165) is 45.7 Å². The van der Waals surface area contributed by atoms with E-state index in [4.69, 9.17) is 9.47 Å². The van der Waals surface area contributed by atoms with E-state index in [1.54, 1.807) is 0 Å². The number of morpholine rings is 1. The van der Waals surface area contributed by atoms with Crippen LogP contribution < -0.4 is 5.32 Å². The Labute approximate surface area is 180 Å². The summed E-state index contributed by atoms with van der Waals surface area (Å²) < 4.78 is 10.9. The molecular formula is C25H36N2O3. The standard InChI is InChI=1S/C25H36N2O3/c1-25(2,3)30-24(28)26-23-20-8-9-21(23)17-22-15-18(6-7-19(22)16-20)5-4-10-27-11-13-29-14-12-27/h4-7,15,20-21,23H,8-14,16-17H2,1-3H3,(H,26,28)/b5-4+/t20-,21+,23+/m0/s1. The Morgan fingerprint density at radius 2 is 1.87 bits per heavy atom. The van der Waals surface area contributed by atoms with Crippen LogP contribution in [0.25, 0.3) is 6.08 Å². The van der Waals surface area contributed by atoms with Crippen LogP contribution in [0.5, 0.6) is 0 Å². The van der Waals surface area contributed by atoms with Crippen molar-refractivity contribution in [2.45, 2.75) is 58.1 Å². The molecule has 4 rings (SSSR count). The molecule has 1 amide bonds. The molecule has 3 atom stereocenters. The number of hydrogen-bond donors (Lipinski definition) is 1. The van der Waals surface area contributed by atoms with Crippen molar-refractivity contribution in [1.82, 2.24) is 10.2 Å². The topological polar surface area (TPSA) is 50.8 Å². The summed E-state index contributed by atoms with van der Waals surface area (Å²) in [5.74, 6) is 1.00. The van der Waals surface area contributed by atoms with Crippen LogP contribution in [0, 0.1) is 11.8 Å². The van der Waals surface area contributed by atoms with E-state index in [-0.39, 0.29) is 12.1 Å². The molecule has 3 aliphatic rings. The van der Waals surface area contributed by atoms with Crippen molar-refractivity contribution in [3.8, 4) is 0 Å². The molecule has 1 aromatic rings. The third-order valence-electron chi connectivity index (χ3n) is 6.58. The monoisotopic (exact) mass is 412 g/mol. The molecule has 1 N–H and O–H groups in total. The van der Waals surface area contributed by atoms with Gasteiger partial charge in [0.1, 0.15) is 5.60 Å². The van der Waals surface area contributed by atoms with E-state index < -0.39 is 5.60 Å². The second kappa shape index (κ2) is 9.11. The Balaban J connectivity index is 1.40. The van der Waals surface area contributed by atoms with Gasteiger partial charge in [0.2, 0.25) is 0 Å². The number of rotatable bonds is 4. The minimum Gasteiger partial charge on any atom is -0.444 e. The molecule has 1 saturated carbocycles. The molecule has 0 aromatic heterocycles.